The molecule has 1 aliphatic rings. The fourth-order valence-electron chi connectivity index (χ4n) is 4.82. The molecule has 0 bridgehead atoms. The molecule has 30 heavy (non-hydrogen) atoms. The van der Waals surface area contributed by atoms with Crippen LogP contribution in [0, 0.1) is 0 Å². The monoisotopic (exact) mass is 388 g/mol. The van der Waals surface area contributed by atoms with Gasteiger partial charge in [-0.15, -0.1) is 0 Å². The molecular weight excluding hydrogens is 360 g/mol. The highest BCUT2D eigenvalue weighted by Crippen LogP contribution is 2.49. The molecule has 0 radical (unpaired) electrons. The summed E-state index contributed by atoms with van der Waals surface area (Å²) >= 11 is 0. The maximum atomic E-state index is 2.39. The molecule has 0 spiro atoms. The topological polar surface area (TPSA) is 0 Å². The normalized spacial score (nSPS) is 13.9. The molecule has 0 aliphatic heterocycles. The van der Waals surface area contributed by atoms with E-state index in [0.717, 1.165) is 0 Å². The van der Waals surface area contributed by atoms with Crippen LogP contribution in [-0.4, -0.2) is 0 Å². The molecule has 0 amide bonds. The van der Waals surface area contributed by atoms with Crippen molar-refractivity contribution < 1.29 is 0 Å². The predicted octanol–water partition coefficient (Wildman–Crippen LogP) is 8.45. The second-order valence-electron chi connectivity index (χ2n) is 9.29. The lowest BCUT2D eigenvalue weighted by Crippen LogP contribution is -2.14. The lowest BCUT2D eigenvalue weighted by molar-refractivity contribution is 0.660. The molecule has 0 saturated heterocycles. The van der Waals surface area contributed by atoms with E-state index < -0.39 is 0 Å². The first-order valence-electron chi connectivity index (χ1n) is 10.9. The molecule has 148 valence electrons. The smallest absolute Gasteiger partial charge is 0.0159 e. The molecule has 0 saturated carbocycles. The van der Waals surface area contributed by atoms with E-state index in [1.165, 1.54) is 50.1 Å². The summed E-state index contributed by atoms with van der Waals surface area (Å²) in [6.45, 7) is 9.17. The van der Waals surface area contributed by atoms with E-state index in [9.17, 15) is 0 Å². The van der Waals surface area contributed by atoms with Crippen LogP contribution in [0.1, 0.15) is 50.3 Å². The number of fused-ring (bicyclic) bond motifs is 3. The molecule has 0 heteroatoms. The van der Waals surface area contributed by atoms with Crippen LogP contribution in [0.4, 0.5) is 0 Å². The van der Waals surface area contributed by atoms with Crippen LogP contribution in [-0.2, 0) is 5.41 Å². The van der Waals surface area contributed by atoms with Crippen molar-refractivity contribution >= 4 is 0 Å². The highest BCUT2D eigenvalue weighted by molar-refractivity contribution is 5.83. The summed E-state index contributed by atoms with van der Waals surface area (Å²) in [5.41, 5.74) is 12.2. The Hall–Kier alpha value is -3.12. The lowest BCUT2D eigenvalue weighted by atomic mass is 9.81. The van der Waals surface area contributed by atoms with Gasteiger partial charge >= 0.3 is 0 Å². The van der Waals surface area contributed by atoms with Gasteiger partial charge in [0, 0.05) is 5.41 Å². The summed E-state index contributed by atoms with van der Waals surface area (Å²) in [4.78, 5) is 0. The van der Waals surface area contributed by atoms with Crippen LogP contribution in [0.25, 0.3) is 33.4 Å². The summed E-state index contributed by atoms with van der Waals surface area (Å²) in [6, 6.07) is 33.7. The Kier molecular flexibility index (Phi) is 4.40. The fourth-order valence-corrected chi connectivity index (χ4v) is 4.82. The summed E-state index contributed by atoms with van der Waals surface area (Å²) in [5.74, 6) is 0.545. The van der Waals surface area contributed by atoms with Crippen LogP contribution in [0.2, 0.25) is 0 Å². The minimum atomic E-state index is 0.0408. The van der Waals surface area contributed by atoms with Crippen LogP contribution in [0.15, 0.2) is 91.0 Å². The Labute approximate surface area is 180 Å². The highest BCUT2D eigenvalue weighted by Gasteiger charge is 2.35. The van der Waals surface area contributed by atoms with Gasteiger partial charge in [-0.25, -0.2) is 0 Å². The Bertz CT molecular complexity index is 1220. The zero-order chi connectivity index (χ0) is 20.9. The fraction of sp³-hybridized carbons (Fsp3) is 0.200. The number of rotatable bonds is 3. The van der Waals surface area contributed by atoms with E-state index in [1.807, 2.05) is 0 Å². The maximum Gasteiger partial charge on any atom is 0.0159 e. The maximum absolute atomic E-state index is 2.39. The molecule has 0 N–H and O–H groups in total. The van der Waals surface area contributed by atoms with Crippen LogP contribution in [0.3, 0.4) is 0 Å². The van der Waals surface area contributed by atoms with Gasteiger partial charge in [0.15, 0.2) is 0 Å². The second-order valence-corrected chi connectivity index (χ2v) is 9.29. The molecule has 1 aliphatic carbocycles. The van der Waals surface area contributed by atoms with Gasteiger partial charge in [-0.3, -0.25) is 0 Å². The first-order valence-corrected chi connectivity index (χ1v) is 10.9. The summed E-state index contributed by atoms with van der Waals surface area (Å²) in [5, 5.41) is 0. The van der Waals surface area contributed by atoms with Crippen molar-refractivity contribution in [2.24, 2.45) is 0 Å². The third-order valence-corrected chi connectivity index (χ3v) is 6.69. The Morgan fingerprint density at radius 1 is 0.533 bits per heavy atom. The second kappa shape index (κ2) is 6.99. The van der Waals surface area contributed by atoms with Gasteiger partial charge in [-0.2, -0.15) is 0 Å². The molecule has 0 heterocycles. The molecular formula is C30H28. The summed E-state index contributed by atoms with van der Waals surface area (Å²) in [6.07, 6.45) is 0. The molecule has 4 aromatic carbocycles. The van der Waals surface area contributed by atoms with Crippen molar-refractivity contribution in [3.8, 4) is 33.4 Å². The molecule has 0 atom stereocenters. The molecule has 0 fully saturated rings. The highest BCUT2D eigenvalue weighted by atomic mass is 14.4. The lowest BCUT2D eigenvalue weighted by Gasteiger charge is -2.22. The van der Waals surface area contributed by atoms with Crippen LogP contribution < -0.4 is 0 Å². The van der Waals surface area contributed by atoms with E-state index in [0.29, 0.717) is 5.92 Å². The van der Waals surface area contributed by atoms with Crippen molar-refractivity contribution in [1.82, 2.24) is 0 Å². The van der Waals surface area contributed by atoms with E-state index in [-0.39, 0.29) is 5.41 Å². The molecule has 5 rings (SSSR count). The van der Waals surface area contributed by atoms with Gasteiger partial charge in [0.1, 0.15) is 0 Å². The van der Waals surface area contributed by atoms with Crippen molar-refractivity contribution in [1.29, 1.82) is 0 Å². The summed E-state index contributed by atoms with van der Waals surface area (Å²) in [7, 11) is 0. The van der Waals surface area contributed by atoms with E-state index in [4.69, 9.17) is 0 Å². The van der Waals surface area contributed by atoms with Gasteiger partial charge in [0.25, 0.3) is 0 Å². The molecule has 0 aromatic heterocycles. The average molecular weight is 389 g/mol. The van der Waals surface area contributed by atoms with E-state index >= 15 is 0 Å². The minimum absolute atomic E-state index is 0.0408. The molecule has 0 nitrogen and oxygen atoms in total. The van der Waals surface area contributed by atoms with Crippen LogP contribution >= 0.6 is 0 Å². The van der Waals surface area contributed by atoms with E-state index in [1.54, 1.807) is 0 Å². The SMILES string of the molecule is CC(C)c1cccc(-c2ccc(-c3ccc4c(c3)C(C)(C)c3ccccc3-4)cc2)c1. The average Bonchev–Trinajstić information content (AvgIpc) is 3.01. The number of benzene rings is 4. The van der Waals surface area contributed by atoms with Gasteiger partial charge in [0.05, 0.1) is 0 Å². The Balaban J connectivity index is 1.51. The van der Waals surface area contributed by atoms with Crippen LogP contribution in [0.5, 0.6) is 0 Å². The first-order chi connectivity index (χ1) is 14.4. The largest absolute Gasteiger partial charge is 0.0619 e. The Morgan fingerprint density at radius 2 is 1.13 bits per heavy atom. The van der Waals surface area contributed by atoms with E-state index in [2.05, 4.69) is 119 Å². The van der Waals surface area contributed by atoms with Gasteiger partial charge in [-0.1, -0.05) is 113 Å². The first kappa shape index (κ1) is 18.9. The number of hydrogen-bond donors (Lipinski definition) is 0. The van der Waals surface area contributed by atoms with Gasteiger partial charge in [-0.05, 0) is 62.1 Å². The predicted molar refractivity (Wildman–Crippen MR) is 129 cm³/mol. The van der Waals surface area contributed by atoms with Crippen molar-refractivity contribution in [2.45, 2.75) is 39.0 Å². The van der Waals surface area contributed by atoms with Crippen molar-refractivity contribution in [3.63, 3.8) is 0 Å². The zero-order valence-corrected chi connectivity index (χ0v) is 18.2. The zero-order valence-electron chi connectivity index (χ0n) is 18.2. The Morgan fingerprint density at radius 3 is 1.83 bits per heavy atom. The van der Waals surface area contributed by atoms with Crippen molar-refractivity contribution in [3.05, 3.63) is 108 Å². The third-order valence-electron chi connectivity index (χ3n) is 6.69. The third kappa shape index (κ3) is 2.99. The quantitative estimate of drug-likeness (QED) is 0.330. The molecule has 4 aromatic rings. The molecule has 0 unspecified atom stereocenters. The number of hydrogen-bond acceptors (Lipinski definition) is 0. The van der Waals surface area contributed by atoms with Gasteiger partial charge < -0.3 is 0 Å². The minimum Gasteiger partial charge on any atom is -0.0619 e. The standard InChI is InChI=1S/C30H28/c1-20(2)23-8-7-9-24(18-23)21-12-14-22(15-13-21)25-16-17-27-26-10-5-6-11-28(26)30(3,4)29(27)19-25/h5-20H,1-4H3. The summed E-state index contributed by atoms with van der Waals surface area (Å²) < 4.78 is 0. The van der Waals surface area contributed by atoms with Crippen molar-refractivity contribution in [2.75, 3.05) is 0 Å². The van der Waals surface area contributed by atoms with Gasteiger partial charge in [0.2, 0.25) is 0 Å².